The lowest BCUT2D eigenvalue weighted by Gasteiger charge is -2.16. The number of nitrogens with two attached hydrogens (primary N) is 1. The van der Waals surface area contributed by atoms with Crippen LogP contribution in [0, 0.1) is 5.92 Å². The fourth-order valence-corrected chi connectivity index (χ4v) is 2.65. The molecule has 108 valence electrons. The van der Waals surface area contributed by atoms with E-state index >= 15 is 0 Å². The Morgan fingerprint density at radius 2 is 2.00 bits per heavy atom. The molecule has 0 rings (SSSR count). The monoisotopic (exact) mass is 274 g/mol. The van der Waals surface area contributed by atoms with Crippen molar-refractivity contribution < 1.29 is 4.79 Å². The largest absolute Gasteiger partial charge is 0.356 e. The van der Waals surface area contributed by atoms with E-state index in [0.717, 1.165) is 50.3 Å². The summed E-state index contributed by atoms with van der Waals surface area (Å²) in [5.74, 6) is 2.43. The minimum atomic E-state index is 0.170. The lowest BCUT2D eigenvalue weighted by molar-refractivity contribution is -0.124. The van der Waals surface area contributed by atoms with Crippen LogP contribution in [0.15, 0.2) is 0 Å². The number of thioether (sulfide) groups is 1. The first-order valence-corrected chi connectivity index (χ1v) is 8.47. The van der Waals surface area contributed by atoms with Crippen LogP contribution in [0.2, 0.25) is 0 Å². The number of hydrogen-bond donors (Lipinski definition) is 2. The molecule has 3 nitrogen and oxygen atoms in total. The molecule has 1 unspecified atom stereocenters. The number of nitrogens with one attached hydrogen (secondary N) is 1. The molecule has 0 aromatic carbocycles. The quantitative estimate of drug-likeness (QED) is 0.538. The van der Waals surface area contributed by atoms with Crippen molar-refractivity contribution in [2.75, 3.05) is 24.6 Å². The molecular formula is C14H30N2OS. The van der Waals surface area contributed by atoms with E-state index in [4.69, 9.17) is 5.73 Å². The molecule has 18 heavy (non-hydrogen) atoms. The Kier molecular flexibility index (Phi) is 13.1. The fourth-order valence-electron chi connectivity index (χ4n) is 1.82. The number of hydrogen-bond acceptors (Lipinski definition) is 3. The van der Waals surface area contributed by atoms with Crippen LogP contribution in [0.5, 0.6) is 0 Å². The topological polar surface area (TPSA) is 55.1 Å². The Bertz CT molecular complexity index is 200. The third kappa shape index (κ3) is 9.77. The minimum Gasteiger partial charge on any atom is -0.356 e. The van der Waals surface area contributed by atoms with Gasteiger partial charge in [-0.25, -0.2) is 0 Å². The second kappa shape index (κ2) is 13.2. The van der Waals surface area contributed by atoms with Gasteiger partial charge in [0.05, 0.1) is 0 Å². The molecule has 0 radical (unpaired) electrons. The highest BCUT2D eigenvalue weighted by molar-refractivity contribution is 7.99. The first-order chi connectivity index (χ1) is 8.76. The lowest BCUT2D eigenvalue weighted by atomic mass is 10.0. The van der Waals surface area contributed by atoms with Gasteiger partial charge in [0, 0.05) is 18.2 Å². The third-order valence-corrected chi connectivity index (χ3v) is 4.03. The van der Waals surface area contributed by atoms with Gasteiger partial charge in [-0.2, -0.15) is 11.8 Å². The third-order valence-electron chi connectivity index (χ3n) is 2.98. The van der Waals surface area contributed by atoms with Crippen LogP contribution < -0.4 is 11.1 Å². The van der Waals surface area contributed by atoms with E-state index in [9.17, 15) is 4.79 Å². The van der Waals surface area contributed by atoms with E-state index in [0.29, 0.717) is 0 Å². The van der Waals surface area contributed by atoms with E-state index in [1.807, 2.05) is 11.8 Å². The van der Waals surface area contributed by atoms with Crippen molar-refractivity contribution in [2.24, 2.45) is 11.7 Å². The van der Waals surface area contributed by atoms with Crippen LogP contribution in [0.1, 0.15) is 52.4 Å². The summed E-state index contributed by atoms with van der Waals surface area (Å²) < 4.78 is 0. The van der Waals surface area contributed by atoms with E-state index in [1.165, 1.54) is 12.8 Å². The molecule has 0 saturated heterocycles. The van der Waals surface area contributed by atoms with Gasteiger partial charge >= 0.3 is 0 Å². The molecule has 0 bridgehead atoms. The maximum absolute atomic E-state index is 12.1. The summed E-state index contributed by atoms with van der Waals surface area (Å²) >= 11 is 1.85. The van der Waals surface area contributed by atoms with Crippen molar-refractivity contribution in [3.63, 3.8) is 0 Å². The molecule has 4 heteroatoms. The molecule has 3 N–H and O–H groups in total. The Morgan fingerprint density at radius 1 is 1.22 bits per heavy atom. The Balaban J connectivity index is 3.89. The zero-order valence-electron chi connectivity index (χ0n) is 12.0. The molecule has 0 spiro atoms. The maximum Gasteiger partial charge on any atom is 0.223 e. The molecule has 0 heterocycles. The van der Waals surface area contributed by atoms with E-state index < -0.39 is 0 Å². The molecule has 0 aromatic heterocycles. The van der Waals surface area contributed by atoms with E-state index in [1.54, 1.807) is 0 Å². The smallest absolute Gasteiger partial charge is 0.223 e. The van der Waals surface area contributed by atoms with Gasteiger partial charge in [-0.3, -0.25) is 4.79 Å². The molecule has 1 amide bonds. The number of carbonyl (C=O) groups is 1. The van der Waals surface area contributed by atoms with Crippen molar-refractivity contribution >= 4 is 17.7 Å². The van der Waals surface area contributed by atoms with Crippen molar-refractivity contribution in [2.45, 2.75) is 52.4 Å². The fraction of sp³-hybridized carbons (Fsp3) is 0.929. The van der Waals surface area contributed by atoms with Gasteiger partial charge in [0.2, 0.25) is 5.91 Å². The van der Waals surface area contributed by atoms with Gasteiger partial charge in [0.25, 0.3) is 0 Å². The summed E-state index contributed by atoms with van der Waals surface area (Å²) in [6.07, 6.45) is 6.55. The summed E-state index contributed by atoms with van der Waals surface area (Å²) in [5, 5.41) is 3.07. The van der Waals surface area contributed by atoms with Crippen LogP contribution in [0.4, 0.5) is 0 Å². The summed E-state index contributed by atoms with van der Waals surface area (Å²) in [4.78, 5) is 12.1. The van der Waals surface area contributed by atoms with Gasteiger partial charge in [-0.05, 0) is 31.6 Å². The van der Waals surface area contributed by atoms with Crippen LogP contribution in [0.3, 0.4) is 0 Å². The standard InChI is InChI=1S/C14H30N2OS/c1-3-5-8-11-16-14(17)13(12-18-4-2)9-6-7-10-15/h13H,3-12,15H2,1-2H3,(H,16,17). The van der Waals surface area contributed by atoms with Crippen molar-refractivity contribution in [1.82, 2.24) is 5.32 Å². The predicted octanol–water partition coefficient (Wildman–Crippen LogP) is 2.79. The second-order valence-electron chi connectivity index (χ2n) is 4.64. The first-order valence-electron chi connectivity index (χ1n) is 7.31. The lowest BCUT2D eigenvalue weighted by Crippen LogP contribution is -2.33. The van der Waals surface area contributed by atoms with E-state index in [-0.39, 0.29) is 11.8 Å². The maximum atomic E-state index is 12.1. The summed E-state index contributed by atoms with van der Waals surface area (Å²) in [5.41, 5.74) is 5.50. The number of carbonyl (C=O) groups excluding carboxylic acids is 1. The van der Waals surface area contributed by atoms with Crippen molar-refractivity contribution in [3.8, 4) is 0 Å². The van der Waals surface area contributed by atoms with Crippen molar-refractivity contribution in [3.05, 3.63) is 0 Å². The Hall–Kier alpha value is -0.220. The van der Waals surface area contributed by atoms with Gasteiger partial charge in [-0.1, -0.05) is 33.1 Å². The van der Waals surface area contributed by atoms with Gasteiger partial charge in [0.1, 0.15) is 0 Å². The SMILES string of the molecule is CCCCCNC(=O)C(CCCCN)CSCC. The molecule has 0 saturated carbocycles. The van der Waals surface area contributed by atoms with E-state index in [2.05, 4.69) is 19.2 Å². The minimum absolute atomic E-state index is 0.170. The van der Waals surface area contributed by atoms with Gasteiger partial charge in [0.15, 0.2) is 0 Å². The highest BCUT2D eigenvalue weighted by Crippen LogP contribution is 2.15. The molecule has 0 aliphatic carbocycles. The van der Waals surface area contributed by atoms with Gasteiger partial charge in [-0.15, -0.1) is 0 Å². The Labute approximate surface area is 117 Å². The van der Waals surface area contributed by atoms with Gasteiger partial charge < -0.3 is 11.1 Å². The average Bonchev–Trinajstić information content (AvgIpc) is 2.38. The molecule has 0 aliphatic heterocycles. The molecule has 0 aliphatic rings. The molecule has 0 aromatic rings. The van der Waals surface area contributed by atoms with Crippen LogP contribution in [-0.2, 0) is 4.79 Å². The number of unbranched alkanes of at least 4 members (excludes halogenated alkanes) is 3. The summed E-state index contributed by atoms with van der Waals surface area (Å²) in [7, 11) is 0. The highest BCUT2D eigenvalue weighted by atomic mass is 32.2. The molecule has 0 fully saturated rings. The number of amides is 1. The van der Waals surface area contributed by atoms with Crippen LogP contribution in [0.25, 0.3) is 0 Å². The molecule has 1 atom stereocenters. The zero-order valence-corrected chi connectivity index (χ0v) is 12.9. The molecular weight excluding hydrogens is 244 g/mol. The predicted molar refractivity (Wildman–Crippen MR) is 81.9 cm³/mol. The first kappa shape index (κ1) is 17.8. The summed E-state index contributed by atoms with van der Waals surface area (Å²) in [6, 6.07) is 0. The number of rotatable bonds is 12. The Morgan fingerprint density at radius 3 is 2.61 bits per heavy atom. The normalized spacial score (nSPS) is 12.4. The average molecular weight is 274 g/mol. The highest BCUT2D eigenvalue weighted by Gasteiger charge is 2.17. The summed E-state index contributed by atoms with van der Waals surface area (Å²) in [6.45, 7) is 5.87. The van der Waals surface area contributed by atoms with Crippen molar-refractivity contribution in [1.29, 1.82) is 0 Å². The van der Waals surface area contributed by atoms with Crippen LogP contribution >= 0.6 is 11.8 Å². The zero-order chi connectivity index (χ0) is 13.6. The second-order valence-corrected chi connectivity index (χ2v) is 5.96. The van der Waals surface area contributed by atoms with Crippen LogP contribution in [-0.4, -0.2) is 30.5 Å².